The standard InChI is InChI=1S/C14H21NO/c1-11(2)14(12(3)16)15(4)10-13-8-6-5-7-9-13/h5-9,11,14H,10H2,1-4H3. The molecule has 88 valence electrons. The van der Waals surface area contributed by atoms with E-state index in [-0.39, 0.29) is 11.8 Å². The fourth-order valence-electron chi connectivity index (χ4n) is 2.26. The number of carbonyl (C=O) groups excluding carboxylic acids is 1. The van der Waals surface area contributed by atoms with Gasteiger partial charge in [0.1, 0.15) is 5.78 Å². The van der Waals surface area contributed by atoms with Gasteiger partial charge in [0.25, 0.3) is 0 Å². The number of rotatable bonds is 5. The van der Waals surface area contributed by atoms with Crippen LogP contribution < -0.4 is 0 Å². The van der Waals surface area contributed by atoms with Gasteiger partial charge in [0.2, 0.25) is 0 Å². The Morgan fingerprint density at radius 2 is 1.81 bits per heavy atom. The van der Waals surface area contributed by atoms with E-state index in [0.29, 0.717) is 5.92 Å². The lowest BCUT2D eigenvalue weighted by Gasteiger charge is -2.29. The smallest absolute Gasteiger partial charge is 0.147 e. The van der Waals surface area contributed by atoms with Gasteiger partial charge in [0, 0.05) is 6.54 Å². The van der Waals surface area contributed by atoms with Crippen LogP contribution in [0.15, 0.2) is 30.3 Å². The number of nitrogens with zero attached hydrogens (tertiary/aromatic N) is 1. The molecule has 0 heterocycles. The maximum absolute atomic E-state index is 11.6. The number of Topliss-reactive ketones (excluding diaryl/α,β-unsaturated/α-hetero) is 1. The largest absolute Gasteiger partial charge is 0.298 e. The van der Waals surface area contributed by atoms with Crippen LogP contribution in [0, 0.1) is 5.92 Å². The van der Waals surface area contributed by atoms with Gasteiger partial charge in [-0.1, -0.05) is 44.2 Å². The summed E-state index contributed by atoms with van der Waals surface area (Å²) >= 11 is 0. The molecule has 1 unspecified atom stereocenters. The minimum atomic E-state index is 0.0141. The third-order valence-corrected chi connectivity index (χ3v) is 2.80. The number of benzene rings is 1. The molecule has 0 amide bonds. The van der Waals surface area contributed by atoms with E-state index in [1.165, 1.54) is 5.56 Å². The van der Waals surface area contributed by atoms with E-state index < -0.39 is 0 Å². The highest BCUT2D eigenvalue weighted by atomic mass is 16.1. The van der Waals surface area contributed by atoms with Crippen LogP contribution in [0.4, 0.5) is 0 Å². The fraction of sp³-hybridized carbons (Fsp3) is 0.500. The first-order chi connectivity index (χ1) is 7.52. The summed E-state index contributed by atoms with van der Waals surface area (Å²) in [6.07, 6.45) is 0. The first-order valence-electron chi connectivity index (χ1n) is 5.77. The molecular formula is C14H21NO. The maximum atomic E-state index is 11.6. The van der Waals surface area contributed by atoms with Crippen LogP contribution in [-0.2, 0) is 11.3 Å². The average Bonchev–Trinajstić information content (AvgIpc) is 2.17. The summed E-state index contributed by atoms with van der Waals surface area (Å²) in [5.74, 6) is 0.597. The van der Waals surface area contributed by atoms with Gasteiger partial charge in [-0.25, -0.2) is 0 Å². The molecule has 1 aromatic carbocycles. The second kappa shape index (κ2) is 5.80. The molecular weight excluding hydrogens is 198 g/mol. The Hall–Kier alpha value is -1.15. The van der Waals surface area contributed by atoms with Gasteiger partial charge in [-0.05, 0) is 25.5 Å². The number of hydrogen-bond donors (Lipinski definition) is 0. The second-order valence-corrected chi connectivity index (χ2v) is 4.70. The van der Waals surface area contributed by atoms with Crippen LogP contribution in [0.5, 0.6) is 0 Å². The minimum absolute atomic E-state index is 0.0141. The first kappa shape index (κ1) is 12.9. The zero-order valence-electron chi connectivity index (χ0n) is 10.6. The highest BCUT2D eigenvalue weighted by Gasteiger charge is 2.22. The Labute approximate surface area is 98.3 Å². The third kappa shape index (κ3) is 3.46. The van der Waals surface area contributed by atoms with Crippen LogP contribution in [0.1, 0.15) is 26.3 Å². The molecule has 0 aliphatic carbocycles. The van der Waals surface area contributed by atoms with E-state index in [9.17, 15) is 4.79 Å². The van der Waals surface area contributed by atoms with Crippen molar-refractivity contribution in [2.75, 3.05) is 7.05 Å². The van der Waals surface area contributed by atoms with Gasteiger partial charge in [-0.15, -0.1) is 0 Å². The lowest BCUT2D eigenvalue weighted by molar-refractivity contribution is -0.123. The molecule has 0 saturated carbocycles. The molecule has 0 N–H and O–H groups in total. The predicted molar refractivity (Wildman–Crippen MR) is 67.2 cm³/mol. The van der Waals surface area contributed by atoms with Crippen molar-refractivity contribution in [3.63, 3.8) is 0 Å². The summed E-state index contributed by atoms with van der Waals surface area (Å²) in [5.41, 5.74) is 1.25. The quantitative estimate of drug-likeness (QED) is 0.759. The monoisotopic (exact) mass is 219 g/mol. The molecule has 2 heteroatoms. The van der Waals surface area contributed by atoms with Crippen LogP contribution in [-0.4, -0.2) is 23.8 Å². The van der Waals surface area contributed by atoms with Gasteiger partial charge >= 0.3 is 0 Å². The number of likely N-dealkylation sites (N-methyl/N-ethyl adjacent to an activating group) is 1. The van der Waals surface area contributed by atoms with Crippen LogP contribution >= 0.6 is 0 Å². The molecule has 1 aromatic rings. The topological polar surface area (TPSA) is 20.3 Å². The van der Waals surface area contributed by atoms with E-state index in [1.54, 1.807) is 6.92 Å². The summed E-state index contributed by atoms with van der Waals surface area (Å²) in [4.78, 5) is 13.7. The van der Waals surface area contributed by atoms with Gasteiger partial charge in [-0.2, -0.15) is 0 Å². The fourth-order valence-corrected chi connectivity index (χ4v) is 2.26. The molecule has 0 fully saturated rings. The highest BCUT2D eigenvalue weighted by Crippen LogP contribution is 2.13. The molecule has 0 bridgehead atoms. The molecule has 0 aliphatic heterocycles. The van der Waals surface area contributed by atoms with Crippen molar-refractivity contribution in [1.82, 2.24) is 4.90 Å². The van der Waals surface area contributed by atoms with Gasteiger partial charge in [-0.3, -0.25) is 9.69 Å². The van der Waals surface area contributed by atoms with Crippen molar-refractivity contribution >= 4 is 5.78 Å². The second-order valence-electron chi connectivity index (χ2n) is 4.70. The van der Waals surface area contributed by atoms with Crippen molar-refractivity contribution in [2.45, 2.75) is 33.4 Å². The number of ketones is 1. The molecule has 16 heavy (non-hydrogen) atoms. The summed E-state index contributed by atoms with van der Waals surface area (Å²) in [7, 11) is 2.01. The molecule has 0 aromatic heterocycles. The zero-order chi connectivity index (χ0) is 12.1. The van der Waals surface area contributed by atoms with Crippen LogP contribution in [0.3, 0.4) is 0 Å². The zero-order valence-corrected chi connectivity index (χ0v) is 10.6. The van der Waals surface area contributed by atoms with Crippen molar-refractivity contribution in [1.29, 1.82) is 0 Å². The normalized spacial score (nSPS) is 13.1. The van der Waals surface area contributed by atoms with Crippen molar-refractivity contribution in [2.24, 2.45) is 5.92 Å². The van der Waals surface area contributed by atoms with E-state index in [2.05, 4.69) is 30.9 Å². The first-order valence-corrected chi connectivity index (χ1v) is 5.77. The third-order valence-electron chi connectivity index (χ3n) is 2.80. The van der Waals surface area contributed by atoms with E-state index in [1.807, 2.05) is 25.2 Å². The Bertz CT molecular complexity index is 332. The Balaban J connectivity index is 2.70. The van der Waals surface area contributed by atoms with Gasteiger partial charge in [0.15, 0.2) is 0 Å². The minimum Gasteiger partial charge on any atom is -0.298 e. The summed E-state index contributed by atoms with van der Waals surface area (Å²) < 4.78 is 0. The van der Waals surface area contributed by atoms with E-state index in [4.69, 9.17) is 0 Å². The molecule has 1 atom stereocenters. The predicted octanol–water partition coefficient (Wildman–Crippen LogP) is 2.73. The SMILES string of the molecule is CC(=O)C(C(C)C)N(C)Cc1ccccc1. The molecule has 0 radical (unpaired) electrons. The molecule has 0 saturated heterocycles. The number of carbonyl (C=O) groups is 1. The Kier molecular flexibility index (Phi) is 4.69. The molecule has 0 aliphatic rings. The van der Waals surface area contributed by atoms with Crippen molar-refractivity contribution in [3.05, 3.63) is 35.9 Å². The van der Waals surface area contributed by atoms with E-state index >= 15 is 0 Å². The lowest BCUT2D eigenvalue weighted by atomic mass is 9.99. The van der Waals surface area contributed by atoms with E-state index in [0.717, 1.165) is 6.54 Å². The maximum Gasteiger partial charge on any atom is 0.147 e. The lowest BCUT2D eigenvalue weighted by Crippen LogP contribution is -2.40. The summed E-state index contributed by atoms with van der Waals surface area (Å²) in [5, 5.41) is 0. The molecule has 1 rings (SSSR count). The van der Waals surface area contributed by atoms with Crippen LogP contribution in [0.25, 0.3) is 0 Å². The summed E-state index contributed by atoms with van der Waals surface area (Å²) in [6.45, 7) is 6.68. The molecule has 2 nitrogen and oxygen atoms in total. The van der Waals surface area contributed by atoms with Gasteiger partial charge in [0.05, 0.1) is 6.04 Å². The van der Waals surface area contributed by atoms with Crippen molar-refractivity contribution < 1.29 is 4.79 Å². The summed E-state index contributed by atoms with van der Waals surface area (Å²) in [6, 6.07) is 10.3. The Morgan fingerprint density at radius 3 is 2.25 bits per heavy atom. The van der Waals surface area contributed by atoms with Gasteiger partial charge < -0.3 is 0 Å². The highest BCUT2D eigenvalue weighted by molar-refractivity contribution is 5.81. The van der Waals surface area contributed by atoms with Crippen LogP contribution in [0.2, 0.25) is 0 Å². The molecule has 0 spiro atoms. The Morgan fingerprint density at radius 1 is 1.25 bits per heavy atom. The average molecular weight is 219 g/mol. The number of hydrogen-bond acceptors (Lipinski definition) is 2. The van der Waals surface area contributed by atoms with Crippen molar-refractivity contribution in [3.8, 4) is 0 Å².